The highest BCUT2D eigenvalue weighted by Crippen LogP contribution is 2.30. The van der Waals surface area contributed by atoms with Crippen molar-refractivity contribution in [3.63, 3.8) is 0 Å². The van der Waals surface area contributed by atoms with Gasteiger partial charge in [-0.15, -0.1) is 0 Å². The third-order valence-corrected chi connectivity index (χ3v) is 5.37. The molecule has 1 aliphatic heterocycles. The van der Waals surface area contributed by atoms with Crippen LogP contribution in [0.5, 0.6) is 0 Å². The third-order valence-electron chi connectivity index (χ3n) is 5.37. The van der Waals surface area contributed by atoms with E-state index in [0.717, 1.165) is 18.4 Å². The number of hydrogen-bond acceptors (Lipinski definition) is 2. The molecule has 21 heavy (non-hydrogen) atoms. The Morgan fingerprint density at radius 3 is 2.48 bits per heavy atom. The van der Waals surface area contributed by atoms with E-state index in [2.05, 4.69) is 48.3 Å². The highest BCUT2D eigenvalue weighted by atomic mass is 15.1. The van der Waals surface area contributed by atoms with Gasteiger partial charge in [-0.3, -0.25) is 4.90 Å². The van der Waals surface area contributed by atoms with Gasteiger partial charge in [-0.05, 0) is 68.3 Å². The van der Waals surface area contributed by atoms with Crippen molar-refractivity contribution >= 4 is 5.69 Å². The van der Waals surface area contributed by atoms with Crippen molar-refractivity contribution in [2.45, 2.75) is 58.5 Å². The molecule has 1 N–H and O–H groups in total. The lowest BCUT2D eigenvalue weighted by atomic mass is 9.80. The molecule has 1 aromatic rings. The zero-order chi connectivity index (χ0) is 14.7. The summed E-state index contributed by atoms with van der Waals surface area (Å²) in [4.78, 5) is 2.56. The number of anilines is 1. The van der Waals surface area contributed by atoms with Crippen molar-refractivity contribution in [3.8, 4) is 0 Å². The molecule has 1 aliphatic carbocycles. The van der Waals surface area contributed by atoms with Gasteiger partial charge < -0.3 is 5.32 Å². The third kappa shape index (κ3) is 4.00. The first-order valence-electron chi connectivity index (χ1n) is 8.78. The van der Waals surface area contributed by atoms with Gasteiger partial charge in [0.15, 0.2) is 0 Å². The first kappa shape index (κ1) is 14.9. The molecular formula is C19H30N2. The number of rotatable bonds is 4. The van der Waals surface area contributed by atoms with E-state index in [1.807, 2.05) is 0 Å². The van der Waals surface area contributed by atoms with E-state index in [1.54, 1.807) is 0 Å². The van der Waals surface area contributed by atoms with E-state index in [9.17, 15) is 0 Å². The number of hydrogen-bond donors (Lipinski definition) is 1. The molecule has 3 unspecified atom stereocenters. The summed E-state index contributed by atoms with van der Waals surface area (Å²) in [5.41, 5.74) is 2.75. The molecule has 2 fully saturated rings. The highest BCUT2D eigenvalue weighted by molar-refractivity contribution is 5.45. The summed E-state index contributed by atoms with van der Waals surface area (Å²) < 4.78 is 0. The van der Waals surface area contributed by atoms with Crippen molar-refractivity contribution < 1.29 is 0 Å². The van der Waals surface area contributed by atoms with Gasteiger partial charge in [0.2, 0.25) is 0 Å². The molecule has 1 heterocycles. The fraction of sp³-hybridized carbons (Fsp3) is 0.684. The van der Waals surface area contributed by atoms with Crippen LogP contribution in [0.4, 0.5) is 5.69 Å². The SMILES string of the molecule is CC1CCC(C)C(Nc2ccc(CN3CCCC3)cc2)C1. The van der Waals surface area contributed by atoms with E-state index in [4.69, 9.17) is 0 Å². The van der Waals surface area contributed by atoms with Crippen LogP contribution in [-0.4, -0.2) is 24.0 Å². The molecule has 0 amide bonds. The molecule has 1 aromatic carbocycles. The lowest BCUT2D eigenvalue weighted by Crippen LogP contribution is -2.33. The molecule has 0 aromatic heterocycles. The predicted octanol–water partition coefficient (Wildman–Crippen LogP) is 4.52. The van der Waals surface area contributed by atoms with Crippen LogP contribution in [-0.2, 0) is 6.54 Å². The molecule has 0 bridgehead atoms. The summed E-state index contributed by atoms with van der Waals surface area (Å²) in [5, 5.41) is 3.77. The molecule has 2 nitrogen and oxygen atoms in total. The Labute approximate surface area is 129 Å². The lowest BCUT2D eigenvalue weighted by Gasteiger charge is -2.34. The van der Waals surface area contributed by atoms with Gasteiger partial charge in [0, 0.05) is 18.3 Å². The van der Waals surface area contributed by atoms with Gasteiger partial charge in [-0.2, -0.15) is 0 Å². The van der Waals surface area contributed by atoms with Gasteiger partial charge >= 0.3 is 0 Å². The Balaban J connectivity index is 1.56. The molecule has 3 atom stereocenters. The maximum atomic E-state index is 3.77. The molecule has 2 heteroatoms. The second kappa shape index (κ2) is 6.83. The molecule has 116 valence electrons. The number of benzene rings is 1. The first-order valence-corrected chi connectivity index (χ1v) is 8.78. The molecule has 0 radical (unpaired) electrons. The normalized spacial score (nSPS) is 30.5. The second-order valence-electron chi connectivity index (χ2n) is 7.33. The van der Waals surface area contributed by atoms with Crippen LogP contribution in [0.2, 0.25) is 0 Å². The lowest BCUT2D eigenvalue weighted by molar-refractivity contribution is 0.280. The van der Waals surface area contributed by atoms with E-state index in [1.165, 1.54) is 56.4 Å². The quantitative estimate of drug-likeness (QED) is 0.875. The first-order chi connectivity index (χ1) is 10.2. The minimum absolute atomic E-state index is 0.651. The van der Waals surface area contributed by atoms with Crippen LogP contribution in [0.3, 0.4) is 0 Å². The Kier molecular flexibility index (Phi) is 4.84. The van der Waals surface area contributed by atoms with Crippen molar-refractivity contribution in [1.82, 2.24) is 4.90 Å². The molecule has 0 spiro atoms. The zero-order valence-electron chi connectivity index (χ0n) is 13.6. The van der Waals surface area contributed by atoms with Crippen molar-refractivity contribution in [3.05, 3.63) is 29.8 Å². The Bertz CT molecular complexity index is 433. The van der Waals surface area contributed by atoms with Gasteiger partial charge in [0.1, 0.15) is 0 Å². The average molecular weight is 286 g/mol. The van der Waals surface area contributed by atoms with Crippen LogP contribution in [0.1, 0.15) is 51.5 Å². The summed E-state index contributed by atoms with van der Waals surface area (Å²) in [6.07, 6.45) is 6.82. The number of nitrogens with zero attached hydrogens (tertiary/aromatic N) is 1. The van der Waals surface area contributed by atoms with Crippen molar-refractivity contribution in [2.75, 3.05) is 18.4 Å². The fourth-order valence-corrected chi connectivity index (χ4v) is 3.85. The van der Waals surface area contributed by atoms with Gasteiger partial charge in [0.25, 0.3) is 0 Å². The molecule has 1 saturated carbocycles. The zero-order valence-corrected chi connectivity index (χ0v) is 13.6. The highest BCUT2D eigenvalue weighted by Gasteiger charge is 2.25. The minimum atomic E-state index is 0.651. The smallest absolute Gasteiger partial charge is 0.0342 e. The average Bonchev–Trinajstić information content (AvgIpc) is 2.98. The van der Waals surface area contributed by atoms with Crippen LogP contribution >= 0.6 is 0 Å². The maximum Gasteiger partial charge on any atom is 0.0342 e. The standard InChI is InChI=1S/C19H30N2/c1-15-5-6-16(2)19(13-15)20-18-9-7-17(8-10-18)14-21-11-3-4-12-21/h7-10,15-16,19-20H,3-6,11-14H2,1-2H3. The maximum absolute atomic E-state index is 3.77. The van der Waals surface area contributed by atoms with Crippen LogP contribution in [0.25, 0.3) is 0 Å². The Morgan fingerprint density at radius 2 is 1.76 bits per heavy atom. The summed E-state index contributed by atoms with van der Waals surface area (Å²) in [6.45, 7) is 8.46. The Morgan fingerprint density at radius 1 is 1.05 bits per heavy atom. The summed E-state index contributed by atoms with van der Waals surface area (Å²) in [7, 11) is 0. The van der Waals surface area contributed by atoms with Crippen LogP contribution in [0.15, 0.2) is 24.3 Å². The number of likely N-dealkylation sites (tertiary alicyclic amines) is 1. The second-order valence-corrected chi connectivity index (χ2v) is 7.33. The van der Waals surface area contributed by atoms with Crippen molar-refractivity contribution in [2.24, 2.45) is 11.8 Å². The van der Waals surface area contributed by atoms with E-state index < -0.39 is 0 Å². The predicted molar refractivity (Wildman–Crippen MR) is 90.5 cm³/mol. The largest absolute Gasteiger partial charge is 0.382 e. The minimum Gasteiger partial charge on any atom is -0.382 e. The van der Waals surface area contributed by atoms with Gasteiger partial charge in [0.05, 0.1) is 0 Å². The topological polar surface area (TPSA) is 15.3 Å². The molecule has 1 saturated heterocycles. The molecule has 2 aliphatic rings. The van der Waals surface area contributed by atoms with E-state index in [0.29, 0.717) is 6.04 Å². The Hall–Kier alpha value is -1.02. The number of nitrogens with one attached hydrogen (secondary N) is 1. The van der Waals surface area contributed by atoms with Crippen LogP contribution < -0.4 is 5.32 Å². The van der Waals surface area contributed by atoms with E-state index in [-0.39, 0.29) is 0 Å². The van der Waals surface area contributed by atoms with Gasteiger partial charge in [-0.1, -0.05) is 32.4 Å². The van der Waals surface area contributed by atoms with E-state index >= 15 is 0 Å². The monoisotopic (exact) mass is 286 g/mol. The molecular weight excluding hydrogens is 256 g/mol. The summed E-state index contributed by atoms with van der Waals surface area (Å²) >= 11 is 0. The summed E-state index contributed by atoms with van der Waals surface area (Å²) in [6, 6.07) is 9.81. The van der Waals surface area contributed by atoms with Crippen molar-refractivity contribution in [1.29, 1.82) is 0 Å². The van der Waals surface area contributed by atoms with Gasteiger partial charge in [-0.25, -0.2) is 0 Å². The summed E-state index contributed by atoms with van der Waals surface area (Å²) in [5.74, 6) is 1.67. The fourth-order valence-electron chi connectivity index (χ4n) is 3.85. The molecule has 3 rings (SSSR count). The van der Waals surface area contributed by atoms with Crippen LogP contribution in [0, 0.1) is 11.8 Å².